The Morgan fingerprint density at radius 1 is 1.40 bits per heavy atom. The summed E-state index contributed by atoms with van der Waals surface area (Å²) in [5.74, 6) is 0.0982. The van der Waals surface area contributed by atoms with Crippen LogP contribution >= 0.6 is 0 Å². The number of nitrogens with zero attached hydrogens (tertiary/aromatic N) is 1. The summed E-state index contributed by atoms with van der Waals surface area (Å²) >= 11 is 0. The zero-order chi connectivity index (χ0) is 11.3. The van der Waals surface area contributed by atoms with Gasteiger partial charge in [-0.3, -0.25) is 10.2 Å². The molecule has 15 heavy (non-hydrogen) atoms. The van der Waals surface area contributed by atoms with Gasteiger partial charge in [0.25, 0.3) is 0 Å². The lowest BCUT2D eigenvalue weighted by Gasteiger charge is -2.38. The Kier molecular flexibility index (Phi) is 5.05. The minimum atomic E-state index is 0.0982. The summed E-state index contributed by atoms with van der Waals surface area (Å²) in [6.07, 6.45) is 4.90. The fraction of sp³-hybridized carbons (Fsp3) is 0.909. The van der Waals surface area contributed by atoms with E-state index in [4.69, 9.17) is 5.73 Å². The number of rotatable bonds is 4. The third-order valence-electron chi connectivity index (χ3n) is 3.06. The van der Waals surface area contributed by atoms with Crippen molar-refractivity contribution in [3.8, 4) is 0 Å². The molecule has 1 saturated heterocycles. The summed E-state index contributed by atoms with van der Waals surface area (Å²) < 4.78 is 0. The van der Waals surface area contributed by atoms with Crippen molar-refractivity contribution in [3.63, 3.8) is 0 Å². The number of nitrogens with one attached hydrogen (secondary N) is 1. The van der Waals surface area contributed by atoms with Gasteiger partial charge in [-0.05, 0) is 39.7 Å². The van der Waals surface area contributed by atoms with Crippen LogP contribution in [0.25, 0.3) is 0 Å². The van der Waals surface area contributed by atoms with Crippen LogP contribution in [0.4, 0.5) is 0 Å². The van der Waals surface area contributed by atoms with E-state index in [9.17, 15) is 4.79 Å². The molecule has 0 aromatic rings. The molecule has 0 saturated carbocycles. The summed E-state index contributed by atoms with van der Waals surface area (Å²) in [6, 6.07) is 0.908. The molecule has 4 nitrogen and oxygen atoms in total. The van der Waals surface area contributed by atoms with Gasteiger partial charge in [-0.25, -0.2) is 5.01 Å². The molecule has 1 aliphatic heterocycles. The van der Waals surface area contributed by atoms with Crippen LogP contribution in [0.1, 0.15) is 46.0 Å². The molecular weight excluding hydrogens is 190 g/mol. The third kappa shape index (κ3) is 3.80. The summed E-state index contributed by atoms with van der Waals surface area (Å²) in [7, 11) is 0. The minimum absolute atomic E-state index is 0.0982. The van der Waals surface area contributed by atoms with E-state index in [1.54, 1.807) is 0 Å². The molecule has 1 aliphatic rings. The molecule has 1 amide bonds. The van der Waals surface area contributed by atoms with Crippen LogP contribution in [0, 0.1) is 0 Å². The number of amides is 1. The maximum atomic E-state index is 11.6. The molecular formula is C11H23N3O. The average Bonchev–Trinajstić information content (AvgIpc) is 2.21. The molecule has 1 rings (SSSR count). The molecule has 0 radical (unpaired) electrons. The van der Waals surface area contributed by atoms with Crippen LogP contribution in [0.2, 0.25) is 0 Å². The lowest BCUT2D eigenvalue weighted by molar-refractivity contribution is -0.129. The van der Waals surface area contributed by atoms with Gasteiger partial charge in [0, 0.05) is 18.5 Å². The first-order valence-electron chi connectivity index (χ1n) is 5.93. The Balaban J connectivity index is 2.37. The first-order chi connectivity index (χ1) is 7.15. The highest BCUT2D eigenvalue weighted by Gasteiger charge is 2.25. The fourth-order valence-electron chi connectivity index (χ4n) is 2.10. The van der Waals surface area contributed by atoms with Gasteiger partial charge in [-0.1, -0.05) is 6.42 Å². The number of carbonyl (C=O) groups excluding carboxylic acids is 1. The van der Waals surface area contributed by atoms with Gasteiger partial charge in [0.2, 0.25) is 5.91 Å². The van der Waals surface area contributed by atoms with E-state index in [-0.39, 0.29) is 5.91 Å². The second-order valence-corrected chi connectivity index (χ2v) is 4.46. The summed E-state index contributed by atoms with van der Waals surface area (Å²) in [5.41, 5.74) is 8.36. The Bertz CT molecular complexity index is 198. The van der Waals surface area contributed by atoms with Gasteiger partial charge in [0.05, 0.1) is 0 Å². The Hall–Kier alpha value is -0.610. The number of hydrazine groups is 1. The maximum absolute atomic E-state index is 11.6. The van der Waals surface area contributed by atoms with Crippen LogP contribution in [-0.2, 0) is 4.79 Å². The lowest BCUT2D eigenvalue weighted by atomic mass is 10.00. The normalized spacial score (nSPS) is 27.7. The van der Waals surface area contributed by atoms with Crippen LogP contribution in [0.15, 0.2) is 0 Å². The molecule has 4 heteroatoms. The van der Waals surface area contributed by atoms with E-state index in [0.29, 0.717) is 25.0 Å². The fourth-order valence-corrected chi connectivity index (χ4v) is 2.10. The summed E-state index contributed by atoms with van der Waals surface area (Å²) in [4.78, 5) is 11.6. The molecule has 2 unspecified atom stereocenters. The summed E-state index contributed by atoms with van der Waals surface area (Å²) in [6.45, 7) is 4.91. The molecule has 0 aliphatic carbocycles. The predicted octanol–water partition coefficient (Wildman–Crippen LogP) is 1.02. The lowest BCUT2D eigenvalue weighted by Crippen LogP contribution is -2.54. The molecule has 1 fully saturated rings. The zero-order valence-corrected chi connectivity index (χ0v) is 9.83. The SMILES string of the molecule is CC1CCCC(C)N1NC(=O)CCCN. The number of hydrogen-bond acceptors (Lipinski definition) is 3. The van der Waals surface area contributed by atoms with Crippen molar-refractivity contribution < 1.29 is 4.79 Å². The number of nitrogens with two attached hydrogens (primary N) is 1. The topological polar surface area (TPSA) is 58.4 Å². The van der Waals surface area contributed by atoms with Gasteiger partial charge >= 0.3 is 0 Å². The van der Waals surface area contributed by atoms with E-state index >= 15 is 0 Å². The van der Waals surface area contributed by atoms with E-state index in [1.807, 2.05) is 0 Å². The third-order valence-corrected chi connectivity index (χ3v) is 3.06. The number of carbonyl (C=O) groups is 1. The van der Waals surface area contributed by atoms with Gasteiger partial charge < -0.3 is 5.73 Å². The van der Waals surface area contributed by atoms with Crippen LogP contribution in [-0.4, -0.2) is 29.5 Å². The van der Waals surface area contributed by atoms with E-state index in [2.05, 4.69) is 24.3 Å². The first kappa shape index (κ1) is 12.5. The van der Waals surface area contributed by atoms with Crippen molar-refractivity contribution in [2.24, 2.45) is 5.73 Å². The molecule has 1 heterocycles. The monoisotopic (exact) mass is 213 g/mol. The molecule has 88 valence electrons. The van der Waals surface area contributed by atoms with Crippen molar-refractivity contribution >= 4 is 5.91 Å². The molecule has 2 atom stereocenters. The molecule has 3 N–H and O–H groups in total. The van der Waals surface area contributed by atoms with Crippen LogP contribution in [0.3, 0.4) is 0 Å². The summed E-state index contributed by atoms with van der Waals surface area (Å²) in [5, 5.41) is 2.10. The van der Waals surface area contributed by atoms with Crippen LogP contribution < -0.4 is 11.2 Å². The Morgan fingerprint density at radius 3 is 2.53 bits per heavy atom. The van der Waals surface area contributed by atoms with Crippen molar-refractivity contribution in [3.05, 3.63) is 0 Å². The minimum Gasteiger partial charge on any atom is -0.330 e. The molecule has 0 spiro atoms. The van der Waals surface area contributed by atoms with E-state index in [1.165, 1.54) is 19.3 Å². The molecule has 0 aromatic carbocycles. The standard InChI is InChI=1S/C11H23N3O/c1-9-5-3-6-10(2)14(9)13-11(15)7-4-8-12/h9-10H,3-8,12H2,1-2H3,(H,13,15). The van der Waals surface area contributed by atoms with E-state index in [0.717, 1.165) is 6.42 Å². The highest BCUT2D eigenvalue weighted by molar-refractivity contribution is 5.75. The quantitative estimate of drug-likeness (QED) is 0.733. The highest BCUT2D eigenvalue weighted by Crippen LogP contribution is 2.20. The molecule has 0 bridgehead atoms. The Morgan fingerprint density at radius 2 is 2.00 bits per heavy atom. The van der Waals surface area contributed by atoms with Gasteiger partial charge in [-0.15, -0.1) is 0 Å². The van der Waals surface area contributed by atoms with Gasteiger partial charge in [-0.2, -0.15) is 0 Å². The van der Waals surface area contributed by atoms with Gasteiger partial charge in [0.15, 0.2) is 0 Å². The first-order valence-corrected chi connectivity index (χ1v) is 5.93. The number of piperidine rings is 1. The zero-order valence-electron chi connectivity index (χ0n) is 9.83. The van der Waals surface area contributed by atoms with E-state index < -0.39 is 0 Å². The average molecular weight is 213 g/mol. The largest absolute Gasteiger partial charge is 0.330 e. The maximum Gasteiger partial charge on any atom is 0.234 e. The van der Waals surface area contributed by atoms with Gasteiger partial charge in [0.1, 0.15) is 0 Å². The second-order valence-electron chi connectivity index (χ2n) is 4.46. The second kappa shape index (κ2) is 6.08. The van der Waals surface area contributed by atoms with Crippen molar-refractivity contribution in [1.29, 1.82) is 0 Å². The highest BCUT2D eigenvalue weighted by atomic mass is 16.2. The van der Waals surface area contributed by atoms with Crippen LogP contribution in [0.5, 0.6) is 0 Å². The number of hydrogen-bond donors (Lipinski definition) is 2. The molecule has 0 aromatic heterocycles. The van der Waals surface area contributed by atoms with Crippen molar-refractivity contribution in [2.75, 3.05) is 6.54 Å². The van der Waals surface area contributed by atoms with Crippen molar-refractivity contribution in [2.45, 2.75) is 58.0 Å². The van der Waals surface area contributed by atoms with Crippen molar-refractivity contribution in [1.82, 2.24) is 10.4 Å². The Labute approximate surface area is 92.2 Å². The predicted molar refractivity (Wildman–Crippen MR) is 61.0 cm³/mol. The smallest absolute Gasteiger partial charge is 0.234 e.